The fraction of sp³-hybridized carbons (Fsp3) is 0.200. The number of aromatic nitrogens is 2. The van der Waals surface area contributed by atoms with Crippen molar-refractivity contribution < 1.29 is 14.3 Å². The molecule has 0 radical (unpaired) electrons. The predicted molar refractivity (Wildman–Crippen MR) is 97.3 cm³/mol. The quantitative estimate of drug-likeness (QED) is 0.745. The summed E-state index contributed by atoms with van der Waals surface area (Å²) < 4.78 is 16.1. The fourth-order valence-electron chi connectivity index (χ4n) is 3.30. The van der Waals surface area contributed by atoms with Crippen molar-refractivity contribution in [3.05, 3.63) is 65.5 Å². The lowest BCUT2D eigenvalue weighted by Crippen LogP contribution is -2.07. The Hall–Kier alpha value is -3.15. The number of hydrogen-bond donors (Lipinski definition) is 2. The van der Waals surface area contributed by atoms with Crippen LogP contribution >= 0.6 is 0 Å². The first-order valence-corrected chi connectivity index (χ1v) is 8.59. The van der Waals surface area contributed by atoms with Gasteiger partial charge < -0.3 is 10.4 Å². The Bertz CT molecular complexity index is 964. The molecular formula is C20H18FN3O2. The molecule has 26 heavy (non-hydrogen) atoms. The van der Waals surface area contributed by atoms with Gasteiger partial charge in [-0.1, -0.05) is 12.1 Å². The van der Waals surface area contributed by atoms with Crippen molar-refractivity contribution in [3.8, 4) is 16.9 Å². The predicted octanol–water partition coefficient (Wildman–Crippen LogP) is 4.12. The Labute approximate surface area is 150 Å². The van der Waals surface area contributed by atoms with Gasteiger partial charge in [0.25, 0.3) is 0 Å². The van der Waals surface area contributed by atoms with Gasteiger partial charge in [0.15, 0.2) is 0 Å². The Balaban J connectivity index is 1.87. The van der Waals surface area contributed by atoms with E-state index in [0.29, 0.717) is 11.3 Å². The number of nitrogens with one attached hydrogen (secondary N) is 1. The minimum atomic E-state index is -0.971. The second-order valence-corrected chi connectivity index (χ2v) is 6.30. The van der Waals surface area contributed by atoms with Crippen LogP contribution in [0.4, 0.5) is 10.2 Å². The number of aromatic carboxylic acids is 1. The van der Waals surface area contributed by atoms with Crippen LogP contribution in [-0.2, 0) is 6.42 Å². The molecule has 0 unspecified atom stereocenters. The van der Waals surface area contributed by atoms with E-state index in [2.05, 4.69) is 10.4 Å². The van der Waals surface area contributed by atoms with Gasteiger partial charge >= 0.3 is 5.97 Å². The zero-order chi connectivity index (χ0) is 18.1. The molecule has 0 bridgehead atoms. The summed E-state index contributed by atoms with van der Waals surface area (Å²) in [7, 11) is 0. The Morgan fingerprint density at radius 1 is 1.12 bits per heavy atom. The summed E-state index contributed by atoms with van der Waals surface area (Å²) in [4.78, 5) is 11.1. The van der Waals surface area contributed by atoms with Crippen LogP contribution in [0.3, 0.4) is 0 Å². The highest BCUT2D eigenvalue weighted by Crippen LogP contribution is 2.34. The van der Waals surface area contributed by atoms with Gasteiger partial charge in [-0.3, -0.25) is 0 Å². The first-order valence-electron chi connectivity index (χ1n) is 8.59. The van der Waals surface area contributed by atoms with E-state index < -0.39 is 5.97 Å². The third kappa shape index (κ3) is 2.83. The number of rotatable bonds is 3. The number of hydrogen-bond acceptors (Lipinski definition) is 3. The second-order valence-electron chi connectivity index (χ2n) is 6.30. The summed E-state index contributed by atoms with van der Waals surface area (Å²) in [6, 6.07) is 13.2. The highest BCUT2D eigenvalue weighted by Gasteiger charge is 2.23. The van der Waals surface area contributed by atoms with Gasteiger partial charge in [-0.25, -0.2) is 13.9 Å². The molecule has 2 aromatic carbocycles. The number of nitrogens with zero attached hydrogens (tertiary/aromatic N) is 2. The van der Waals surface area contributed by atoms with E-state index in [0.717, 1.165) is 42.9 Å². The molecule has 4 rings (SSSR count). The van der Waals surface area contributed by atoms with E-state index in [9.17, 15) is 9.18 Å². The maximum absolute atomic E-state index is 14.4. The SMILES string of the molecule is O=C(O)c1ccc(-n2nc(-c3ccccc3F)c3c2NCCCC3)cc1. The molecule has 0 fully saturated rings. The summed E-state index contributed by atoms with van der Waals surface area (Å²) in [5, 5.41) is 17.2. The van der Waals surface area contributed by atoms with Crippen molar-refractivity contribution in [3.63, 3.8) is 0 Å². The number of carbonyl (C=O) groups is 1. The number of fused-ring (bicyclic) bond motifs is 1. The minimum absolute atomic E-state index is 0.217. The molecule has 0 amide bonds. The van der Waals surface area contributed by atoms with Gasteiger partial charge in [-0.2, -0.15) is 5.10 Å². The van der Waals surface area contributed by atoms with Crippen LogP contribution in [0.1, 0.15) is 28.8 Å². The summed E-state index contributed by atoms with van der Waals surface area (Å²) in [5.74, 6) is -0.421. The standard InChI is InChI=1S/C20H18FN3O2/c21-17-7-2-1-5-15(17)18-16-6-3-4-12-22-19(16)24(23-18)14-10-8-13(9-11-14)20(25)26/h1-2,5,7-11,22H,3-4,6,12H2,(H,25,26). The number of anilines is 1. The zero-order valence-corrected chi connectivity index (χ0v) is 14.1. The van der Waals surface area contributed by atoms with Crippen LogP contribution in [0.15, 0.2) is 48.5 Å². The Kier molecular flexibility index (Phi) is 4.16. The van der Waals surface area contributed by atoms with Crippen molar-refractivity contribution in [2.75, 3.05) is 11.9 Å². The number of carboxylic acids is 1. The maximum atomic E-state index is 14.4. The summed E-state index contributed by atoms with van der Waals surface area (Å²) in [6.07, 6.45) is 2.85. The molecule has 1 aliphatic heterocycles. The molecule has 0 atom stereocenters. The number of benzene rings is 2. The molecule has 1 aliphatic rings. The smallest absolute Gasteiger partial charge is 0.335 e. The lowest BCUT2D eigenvalue weighted by atomic mass is 10.0. The third-order valence-corrected chi connectivity index (χ3v) is 4.62. The van der Waals surface area contributed by atoms with E-state index in [-0.39, 0.29) is 11.4 Å². The van der Waals surface area contributed by atoms with E-state index in [1.807, 2.05) is 0 Å². The fourth-order valence-corrected chi connectivity index (χ4v) is 3.30. The van der Waals surface area contributed by atoms with Crippen molar-refractivity contribution in [2.24, 2.45) is 0 Å². The Morgan fingerprint density at radius 2 is 1.88 bits per heavy atom. The monoisotopic (exact) mass is 351 g/mol. The van der Waals surface area contributed by atoms with Gasteiger partial charge in [-0.15, -0.1) is 0 Å². The topological polar surface area (TPSA) is 67.1 Å². The average molecular weight is 351 g/mol. The van der Waals surface area contributed by atoms with Gasteiger partial charge in [0, 0.05) is 17.7 Å². The van der Waals surface area contributed by atoms with Crippen LogP contribution < -0.4 is 5.32 Å². The van der Waals surface area contributed by atoms with Crippen LogP contribution in [0.5, 0.6) is 0 Å². The third-order valence-electron chi connectivity index (χ3n) is 4.62. The van der Waals surface area contributed by atoms with E-state index >= 15 is 0 Å². The molecule has 0 saturated carbocycles. The van der Waals surface area contributed by atoms with E-state index in [1.165, 1.54) is 6.07 Å². The maximum Gasteiger partial charge on any atom is 0.335 e. The molecule has 5 nitrogen and oxygen atoms in total. The van der Waals surface area contributed by atoms with Crippen molar-refractivity contribution in [1.82, 2.24) is 9.78 Å². The van der Waals surface area contributed by atoms with Crippen LogP contribution in [0.2, 0.25) is 0 Å². The summed E-state index contributed by atoms with van der Waals surface area (Å²) in [5.41, 5.74) is 3.07. The Morgan fingerprint density at radius 3 is 2.62 bits per heavy atom. The van der Waals surface area contributed by atoms with Crippen molar-refractivity contribution >= 4 is 11.8 Å². The largest absolute Gasteiger partial charge is 0.478 e. The number of halogens is 1. The first-order chi connectivity index (χ1) is 12.6. The lowest BCUT2D eigenvalue weighted by molar-refractivity contribution is 0.0697. The first kappa shape index (κ1) is 16.3. The molecule has 0 saturated heterocycles. The molecule has 2 N–H and O–H groups in total. The highest BCUT2D eigenvalue weighted by atomic mass is 19.1. The molecule has 6 heteroatoms. The minimum Gasteiger partial charge on any atom is -0.478 e. The van der Waals surface area contributed by atoms with Gasteiger partial charge in [0.05, 0.1) is 11.3 Å². The lowest BCUT2D eigenvalue weighted by Gasteiger charge is -2.09. The van der Waals surface area contributed by atoms with Crippen LogP contribution in [0.25, 0.3) is 16.9 Å². The molecule has 132 valence electrons. The van der Waals surface area contributed by atoms with Gasteiger partial charge in [-0.05, 0) is 55.7 Å². The van der Waals surface area contributed by atoms with Crippen LogP contribution in [-0.4, -0.2) is 27.4 Å². The van der Waals surface area contributed by atoms with Gasteiger partial charge in [0.1, 0.15) is 17.3 Å². The number of carboxylic acid groups (broad SMARTS) is 1. The second kappa shape index (κ2) is 6.63. The summed E-state index contributed by atoms with van der Waals surface area (Å²) >= 11 is 0. The molecule has 0 aliphatic carbocycles. The highest BCUT2D eigenvalue weighted by molar-refractivity contribution is 5.87. The van der Waals surface area contributed by atoms with Gasteiger partial charge in [0.2, 0.25) is 0 Å². The summed E-state index contributed by atoms with van der Waals surface area (Å²) in [6.45, 7) is 0.822. The molecule has 0 spiro atoms. The molecule has 3 aromatic rings. The van der Waals surface area contributed by atoms with E-state index in [1.54, 1.807) is 47.1 Å². The normalized spacial score (nSPS) is 13.6. The molecule has 1 aromatic heterocycles. The van der Waals surface area contributed by atoms with Crippen molar-refractivity contribution in [1.29, 1.82) is 0 Å². The average Bonchev–Trinajstić information content (AvgIpc) is 2.83. The van der Waals surface area contributed by atoms with Crippen LogP contribution in [0, 0.1) is 5.82 Å². The zero-order valence-electron chi connectivity index (χ0n) is 14.1. The van der Waals surface area contributed by atoms with Crippen molar-refractivity contribution in [2.45, 2.75) is 19.3 Å². The van der Waals surface area contributed by atoms with E-state index in [4.69, 9.17) is 5.11 Å². The molecular weight excluding hydrogens is 333 g/mol. The molecule has 2 heterocycles.